The molecule has 1 aliphatic rings. The van der Waals surface area contributed by atoms with Gasteiger partial charge < -0.3 is 10.4 Å². The number of hydrogen-bond donors (Lipinski definition) is 2. The highest BCUT2D eigenvalue weighted by Gasteiger charge is 2.23. The third-order valence-corrected chi connectivity index (χ3v) is 4.27. The van der Waals surface area contributed by atoms with Gasteiger partial charge in [-0.25, -0.2) is 4.39 Å². The van der Waals surface area contributed by atoms with Crippen LogP contribution in [0.2, 0.25) is 0 Å². The number of rotatable bonds is 5. The number of aliphatic hydroxyl groups excluding tert-OH is 1. The Labute approximate surface area is 121 Å². The van der Waals surface area contributed by atoms with Crippen molar-refractivity contribution >= 4 is 15.9 Å². The van der Waals surface area contributed by atoms with Crippen LogP contribution in [0.3, 0.4) is 0 Å². The zero-order chi connectivity index (χ0) is 13.7. The van der Waals surface area contributed by atoms with Crippen molar-refractivity contribution in [3.05, 3.63) is 34.1 Å². The van der Waals surface area contributed by atoms with Crippen molar-refractivity contribution in [2.75, 3.05) is 32.8 Å². The second-order valence-corrected chi connectivity index (χ2v) is 5.69. The Balaban J connectivity index is 2.22. The van der Waals surface area contributed by atoms with Crippen LogP contribution in [-0.2, 0) is 0 Å². The molecule has 0 amide bonds. The lowest BCUT2D eigenvalue weighted by Crippen LogP contribution is -2.45. The topological polar surface area (TPSA) is 35.5 Å². The molecule has 1 aromatic rings. The van der Waals surface area contributed by atoms with Gasteiger partial charge in [0.15, 0.2) is 0 Å². The van der Waals surface area contributed by atoms with E-state index in [4.69, 9.17) is 5.11 Å². The van der Waals surface area contributed by atoms with Gasteiger partial charge in [-0.3, -0.25) is 4.90 Å². The summed E-state index contributed by atoms with van der Waals surface area (Å²) in [5.41, 5.74) is 0.982. The summed E-state index contributed by atoms with van der Waals surface area (Å²) < 4.78 is 14.4. The van der Waals surface area contributed by atoms with E-state index in [0.717, 1.165) is 49.1 Å². The number of nitrogens with one attached hydrogen (secondary N) is 1. The molecule has 3 nitrogen and oxygen atoms in total. The smallest absolute Gasteiger partial charge is 0.123 e. The van der Waals surface area contributed by atoms with Crippen LogP contribution in [0.25, 0.3) is 0 Å². The second kappa shape index (κ2) is 7.33. The molecule has 0 aliphatic carbocycles. The Kier molecular flexibility index (Phi) is 5.76. The number of halogens is 2. The molecule has 5 heteroatoms. The van der Waals surface area contributed by atoms with Gasteiger partial charge >= 0.3 is 0 Å². The minimum absolute atomic E-state index is 0.166. The van der Waals surface area contributed by atoms with Crippen molar-refractivity contribution < 1.29 is 9.50 Å². The molecule has 0 saturated carbocycles. The van der Waals surface area contributed by atoms with Gasteiger partial charge in [0.2, 0.25) is 0 Å². The molecular formula is C14H20BrFN2O. The van der Waals surface area contributed by atoms with Crippen LogP contribution >= 0.6 is 15.9 Å². The molecule has 1 aliphatic heterocycles. The lowest BCUT2D eigenvalue weighted by molar-refractivity contribution is 0.154. The highest BCUT2D eigenvalue weighted by atomic mass is 79.9. The SMILES string of the molecule is OCCC[C@H](c1cc(F)ccc1Br)N1CCNCC1. The van der Waals surface area contributed by atoms with Gasteiger partial charge in [0.05, 0.1) is 0 Å². The van der Waals surface area contributed by atoms with Crippen LogP contribution in [0.5, 0.6) is 0 Å². The molecule has 106 valence electrons. The van der Waals surface area contributed by atoms with Gasteiger partial charge in [-0.1, -0.05) is 15.9 Å². The van der Waals surface area contributed by atoms with Crippen LogP contribution in [-0.4, -0.2) is 42.8 Å². The molecule has 1 heterocycles. The Morgan fingerprint density at radius 3 is 2.79 bits per heavy atom. The zero-order valence-electron chi connectivity index (χ0n) is 10.9. The number of nitrogens with zero attached hydrogens (tertiary/aromatic N) is 1. The van der Waals surface area contributed by atoms with Crippen LogP contribution in [0.1, 0.15) is 24.4 Å². The molecule has 1 saturated heterocycles. The van der Waals surface area contributed by atoms with Crippen LogP contribution in [0.15, 0.2) is 22.7 Å². The zero-order valence-corrected chi connectivity index (χ0v) is 12.5. The first-order valence-electron chi connectivity index (χ1n) is 6.73. The monoisotopic (exact) mass is 330 g/mol. The molecule has 2 rings (SSSR count). The van der Waals surface area contributed by atoms with E-state index in [1.165, 1.54) is 6.07 Å². The van der Waals surface area contributed by atoms with E-state index in [0.29, 0.717) is 0 Å². The van der Waals surface area contributed by atoms with Crippen molar-refractivity contribution in [3.8, 4) is 0 Å². The van der Waals surface area contributed by atoms with E-state index in [-0.39, 0.29) is 18.5 Å². The number of benzene rings is 1. The molecule has 19 heavy (non-hydrogen) atoms. The van der Waals surface area contributed by atoms with Crippen molar-refractivity contribution in [2.45, 2.75) is 18.9 Å². The van der Waals surface area contributed by atoms with Crippen molar-refractivity contribution in [1.82, 2.24) is 10.2 Å². The Hall–Kier alpha value is -0.490. The lowest BCUT2D eigenvalue weighted by atomic mass is 9.99. The van der Waals surface area contributed by atoms with Crippen LogP contribution in [0, 0.1) is 5.82 Å². The molecule has 1 atom stereocenters. The molecule has 0 unspecified atom stereocenters. The van der Waals surface area contributed by atoms with Gasteiger partial charge in [0.1, 0.15) is 5.82 Å². The molecule has 1 aromatic carbocycles. The van der Waals surface area contributed by atoms with E-state index < -0.39 is 0 Å². The molecule has 0 bridgehead atoms. The van der Waals surface area contributed by atoms with E-state index in [1.54, 1.807) is 12.1 Å². The largest absolute Gasteiger partial charge is 0.396 e. The maximum Gasteiger partial charge on any atom is 0.123 e. The van der Waals surface area contributed by atoms with Gasteiger partial charge in [0.25, 0.3) is 0 Å². The predicted molar refractivity (Wildman–Crippen MR) is 77.6 cm³/mol. The Bertz CT molecular complexity index is 410. The highest BCUT2D eigenvalue weighted by molar-refractivity contribution is 9.10. The fourth-order valence-electron chi connectivity index (χ4n) is 2.58. The summed E-state index contributed by atoms with van der Waals surface area (Å²) in [5.74, 6) is -0.206. The van der Waals surface area contributed by atoms with Crippen molar-refractivity contribution in [1.29, 1.82) is 0 Å². The summed E-state index contributed by atoms with van der Waals surface area (Å²) in [7, 11) is 0. The minimum atomic E-state index is -0.206. The van der Waals surface area contributed by atoms with Gasteiger partial charge in [-0.2, -0.15) is 0 Å². The molecule has 2 N–H and O–H groups in total. The maximum absolute atomic E-state index is 13.5. The third-order valence-electron chi connectivity index (χ3n) is 3.55. The second-order valence-electron chi connectivity index (χ2n) is 4.83. The first-order chi connectivity index (χ1) is 9.22. The predicted octanol–water partition coefficient (Wildman–Crippen LogP) is 2.31. The standard InChI is InChI=1S/C14H20BrFN2O/c15-13-4-3-11(16)10-12(13)14(2-1-9-19)18-7-5-17-6-8-18/h3-4,10,14,17,19H,1-2,5-9H2/t14-/m1/s1. The molecular weight excluding hydrogens is 311 g/mol. The van der Waals surface area contributed by atoms with Crippen LogP contribution < -0.4 is 5.32 Å². The fourth-order valence-corrected chi connectivity index (χ4v) is 3.09. The number of aliphatic hydroxyl groups is 1. The summed E-state index contributed by atoms with van der Waals surface area (Å²) in [4.78, 5) is 2.37. The number of piperazine rings is 1. The van der Waals surface area contributed by atoms with Gasteiger partial charge in [0, 0.05) is 43.3 Å². The molecule has 0 aromatic heterocycles. The van der Waals surface area contributed by atoms with Gasteiger partial charge in [-0.05, 0) is 36.6 Å². The van der Waals surface area contributed by atoms with Crippen molar-refractivity contribution in [3.63, 3.8) is 0 Å². The van der Waals surface area contributed by atoms with E-state index in [2.05, 4.69) is 26.1 Å². The Morgan fingerprint density at radius 2 is 2.11 bits per heavy atom. The summed E-state index contributed by atoms with van der Waals surface area (Å²) >= 11 is 3.52. The Morgan fingerprint density at radius 1 is 1.37 bits per heavy atom. The summed E-state index contributed by atoms with van der Waals surface area (Å²) in [6.45, 7) is 4.01. The summed E-state index contributed by atoms with van der Waals surface area (Å²) in [5, 5.41) is 12.4. The number of hydrogen-bond acceptors (Lipinski definition) is 3. The quantitative estimate of drug-likeness (QED) is 0.869. The normalized spacial score (nSPS) is 18.5. The highest BCUT2D eigenvalue weighted by Crippen LogP contribution is 2.32. The average Bonchev–Trinajstić information content (AvgIpc) is 2.44. The fraction of sp³-hybridized carbons (Fsp3) is 0.571. The first-order valence-corrected chi connectivity index (χ1v) is 7.52. The van der Waals surface area contributed by atoms with Crippen molar-refractivity contribution in [2.24, 2.45) is 0 Å². The van der Waals surface area contributed by atoms with E-state index in [1.807, 2.05) is 0 Å². The van der Waals surface area contributed by atoms with E-state index >= 15 is 0 Å². The van der Waals surface area contributed by atoms with Gasteiger partial charge in [-0.15, -0.1) is 0 Å². The van der Waals surface area contributed by atoms with Crippen LogP contribution in [0.4, 0.5) is 4.39 Å². The minimum Gasteiger partial charge on any atom is -0.396 e. The first kappa shape index (κ1) is 14.9. The summed E-state index contributed by atoms with van der Waals surface area (Å²) in [6.07, 6.45) is 1.58. The molecule has 0 radical (unpaired) electrons. The third kappa shape index (κ3) is 3.99. The summed E-state index contributed by atoms with van der Waals surface area (Å²) in [6, 6.07) is 5.00. The molecule has 1 fully saturated rings. The molecule has 0 spiro atoms. The average molecular weight is 331 g/mol. The maximum atomic E-state index is 13.5. The van der Waals surface area contributed by atoms with E-state index in [9.17, 15) is 4.39 Å². The lowest BCUT2D eigenvalue weighted by Gasteiger charge is -2.35.